The zero-order valence-corrected chi connectivity index (χ0v) is 9.34. The predicted octanol–water partition coefficient (Wildman–Crippen LogP) is 3.75. The van der Waals surface area contributed by atoms with E-state index in [4.69, 9.17) is 9.68 Å². The van der Waals surface area contributed by atoms with E-state index in [2.05, 4.69) is 0 Å². The third-order valence-corrected chi connectivity index (χ3v) is 3.29. The maximum absolute atomic E-state index is 13.6. The van der Waals surface area contributed by atoms with Gasteiger partial charge in [0.05, 0.1) is 22.8 Å². The first-order valence-corrected chi connectivity index (χ1v) is 5.44. The molecule has 4 heteroatoms. The van der Waals surface area contributed by atoms with Gasteiger partial charge in [-0.25, -0.2) is 4.39 Å². The number of hydrogen-bond donors (Lipinski definition) is 0. The van der Waals surface area contributed by atoms with Crippen LogP contribution in [0.3, 0.4) is 0 Å². The summed E-state index contributed by atoms with van der Waals surface area (Å²) in [6.07, 6.45) is 1.57. The summed E-state index contributed by atoms with van der Waals surface area (Å²) in [7, 11) is 0. The van der Waals surface area contributed by atoms with Gasteiger partial charge in [-0.1, -0.05) is 11.8 Å². The monoisotopic (exact) mass is 233 g/mol. The Morgan fingerprint density at radius 3 is 2.69 bits per heavy atom. The molecular formula is C12H8FNOS. The van der Waals surface area contributed by atoms with Gasteiger partial charge in [-0.15, -0.1) is 0 Å². The Balaban J connectivity index is 2.30. The lowest BCUT2D eigenvalue weighted by atomic mass is 10.2. The number of furan rings is 1. The number of benzene rings is 1. The molecule has 0 aliphatic heterocycles. The molecule has 1 aromatic carbocycles. The van der Waals surface area contributed by atoms with Gasteiger partial charge in [-0.3, -0.25) is 0 Å². The van der Waals surface area contributed by atoms with Gasteiger partial charge in [0.2, 0.25) is 0 Å². The molecule has 1 heterocycles. The predicted molar refractivity (Wildman–Crippen MR) is 58.7 cm³/mol. The molecule has 0 N–H and O–H groups in total. The Bertz CT molecular complexity index is 556. The molecule has 1 aromatic heterocycles. The number of rotatable bonds is 2. The van der Waals surface area contributed by atoms with E-state index in [0.717, 1.165) is 10.7 Å². The highest BCUT2D eigenvalue weighted by Crippen LogP contribution is 2.32. The number of hydrogen-bond acceptors (Lipinski definition) is 3. The molecule has 0 atom stereocenters. The van der Waals surface area contributed by atoms with Crippen LogP contribution in [0.2, 0.25) is 0 Å². The summed E-state index contributed by atoms with van der Waals surface area (Å²) < 4.78 is 18.7. The van der Waals surface area contributed by atoms with E-state index in [0.29, 0.717) is 10.5 Å². The minimum absolute atomic E-state index is 0.325. The van der Waals surface area contributed by atoms with Crippen molar-refractivity contribution < 1.29 is 8.81 Å². The largest absolute Gasteiger partial charge is 0.468 e. The van der Waals surface area contributed by atoms with E-state index in [1.165, 1.54) is 17.8 Å². The van der Waals surface area contributed by atoms with Gasteiger partial charge in [-0.05, 0) is 31.2 Å². The SMILES string of the molecule is Cc1occc1Sc1ccc(C#N)cc1F. The molecule has 0 spiro atoms. The Morgan fingerprint density at radius 2 is 2.12 bits per heavy atom. The quantitative estimate of drug-likeness (QED) is 0.792. The van der Waals surface area contributed by atoms with Crippen LogP contribution in [0.4, 0.5) is 4.39 Å². The van der Waals surface area contributed by atoms with Gasteiger partial charge in [0.15, 0.2) is 0 Å². The fourth-order valence-corrected chi connectivity index (χ4v) is 2.10. The van der Waals surface area contributed by atoms with Crippen molar-refractivity contribution in [3.8, 4) is 6.07 Å². The van der Waals surface area contributed by atoms with Crippen molar-refractivity contribution in [1.82, 2.24) is 0 Å². The Morgan fingerprint density at radius 1 is 1.31 bits per heavy atom. The second-order valence-electron chi connectivity index (χ2n) is 3.20. The van der Waals surface area contributed by atoms with Crippen LogP contribution in [0.1, 0.15) is 11.3 Å². The number of nitrogens with zero attached hydrogens (tertiary/aromatic N) is 1. The molecule has 0 aliphatic carbocycles. The molecule has 2 nitrogen and oxygen atoms in total. The van der Waals surface area contributed by atoms with Crippen molar-refractivity contribution in [2.75, 3.05) is 0 Å². The molecule has 0 bridgehead atoms. The molecule has 80 valence electrons. The zero-order chi connectivity index (χ0) is 11.5. The summed E-state index contributed by atoms with van der Waals surface area (Å²) >= 11 is 1.29. The van der Waals surface area contributed by atoms with Crippen molar-refractivity contribution in [1.29, 1.82) is 5.26 Å². The maximum Gasteiger partial charge on any atom is 0.138 e. The summed E-state index contributed by atoms with van der Waals surface area (Å²) in [6, 6.07) is 8.12. The highest BCUT2D eigenvalue weighted by molar-refractivity contribution is 7.99. The van der Waals surface area contributed by atoms with Crippen LogP contribution < -0.4 is 0 Å². The maximum atomic E-state index is 13.6. The van der Waals surface area contributed by atoms with Crippen molar-refractivity contribution in [3.63, 3.8) is 0 Å². The Kier molecular flexibility index (Phi) is 2.97. The van der Waals surface area contributed by atoms with E-state index < -0.39 is 0 Å². The smallest absolute Gasteiger partial charge is 0.138 e. The highest BCUT2D eigenvalue weighted by atomic mass is 32.2. The number of halogens is 1. The van der Waals surface area contributed by atoms with Crippen molar-refractivity contribution in [3.05, 3.63) is 47.7 Å². The topological polar surface area (TPSA) is 36.9 Å². The normalized spacial score (nSPS) is 10.1. The molecule has 0 amide bonds. The van der Waals surface area contributed by atoms with Gasteiger partial charge in [-0.2, -0.15) is 5.26 Å². The van der Waals surface area contributed by atoms with Crippen molar-refractivity contribution >= 4 is 11.8 Å². The van der Waals surface area contributed by atoms with Gasteiger partial charge in [0.25, 0.3) is 0 Å². The first kappa shape index (κ1) is 10.8. The molecule has 2 rings (SSSR count). The van der Waals surface area contributed by atoms with Crippen LogP contribution in [-0.2, 0) is 0 Å². The molecule has 16 heavy (non-hydrogen) atoms. The summed E-state index contributed by atoms with van der Waals surface area (Å²) in [5, 5.41) is 8.62. The Hall–Kier alpha value is -1.73. The highest BCUT2D eigenvalue weighted by Gasteiger charge is 2.08. The van der Waals surface area contributed by atoms with Crippen molar-refractivity contribution in [2.24, 2.45) is 0 Å². The van der Waals surface area contributed by atoms with Crippen LogP contribution in [0.15, 0.2) is 44.7 Å². The van der Waals surface area contributed by atoms with Crippen LogP contribution in [-0.4, -0.2) is 0 Å². The van der Waals surface area contributed by atoms with E-state index in [1.807, 2.05) is 13.0 Å². The average Bonchev–Trinajstić information content (AvgIpc) is 2.67. The van der Waals surface area contributed by atoms with Crippen LogP contribution in [0.5, 0.6) is 0 Å². The van der Waals surface area contributed by atoms with Crippen LogP contribution >= 0.6 is 11.8 Å². The van der Waals surface area contributed by atoms with E-state index >= 15 is 0 Å². The molecule has 0 fully saturated rings. The lowest BCUT2D eigenvalue weighted by Gasteiger charge is -2.01. The summed E-state index contributed by atoms with van der Waals surface area (Å²) in [5.41, 5.74) is 0.325. The summed E-state index contributed by atoms with van der Waals surface area (Å²) in [4.78, 5) is 1.37. The lowest BCUT2D eigenvalue weighted by Crippen LogP contribution is -1.83. The van der Waals surface area contributed by atoms with E-state index in [9.17, 15) is 4.39 Å². The van der Waals surface area contributed by atoms with Crippen LogP contribution in [0.25, 0.3) is 0 Å². The first-order valence-electron chi connectivity index (χ1n) is 4.62. The third kappa shape index (κ3) is 2.10. The second kappa shape index (κ2) is 4.42. The van der Waals surface area contributed by atoms with E-state index in [-0.39, 0.29) is 5.82 Å². The lowest BCUT2D eigenvalue weighted by molar-refractivity contribution is 0.527. The molecule has 0 unspecified atom stereocenters. The number of nitriles is 1. The van der Waals surface area contributed by atoms with Crippen molar-refractivity contribution in [2.45, 2.75) is 16.7 Å². The Labute approximate surface area is 96.7 Å². The molecule has 0 aliphatic rings. The van der Waals surface area contributed by atoms with Gasteiger partial charge >= 0.3 is 0 Å². The van der Waals surface area contributed by atoms with Crippen LogP contribution in [0, 0.1) is 24.1 Å². The van der Waals surface area contributed by atoms with Gasteiger partial charge in [0, 0.05) is 4.90 Å². The molecule has 2 aromatic rings. The fourth-order valence-electron chi connectivity index (χ4n) is 1.25. The third-order valence-electron chi connectivity index (χ3n) is 2.09. The summed E-state index contributed by atoms with van der Waals surface area (Å²) in [5.74, 6) is 0.374. The fraction of sp³-hybridized carbons (Fsp3) is 0.0833. The zero-order valence-electron chi connectivity index (χ0n) is 8.53. The van der Waals surface area contributed by atoms with Gasteiger partial charge < -0.3 is 4.42 Å². The molecule has 0 radical (unpaired) electrons. The van der Waals surface area contributed by atoms with E-state index in [1.54, 1.807) is 24.5 Å². The standard InChI is InChI=1S/C12H8FNOS/c1-8-11(4-5-15-8)16-12-3-2-9(7-14)6-10(12)13/h2-6H,1H3. The average molecular weight is 233 g/mol. The minimum Gasteiger partial charge on any atom is -0.468 e. The molecule has 0 saturated carbocycles. The molecule has 0 saturated heterocycles. The van der Waals surface area contributed by atoms with Gasteiger partial charge in [0.1, 0.15) is 11.6 Å². The minimum atomic E-state index is -0.385. The first-order chi connectivity index (χ1) is 7.70. The summed E-state index contributed by atoms with van der Waals surface area (Å²) in [6.45, 7) is 1.82. The molecular weight excluding hydrogens is 225 g/mol. The second-order valence-corrected chi connectivity index (χ2v) is 4.28. The number of aryl methyl sites for hydroxylation is 1.